The van der Waals surface area contributed by atoms with Gasteiger partial charge in [-0.1, -0.05) is 42.5 Å². The van der Waals surface area contributed by atoms with Gasteiger partial charge in [0.2, 0.25) is 0 Å². The van der Waals surface area contributed by atoms with Gasteiger partial charge in [-0.05, 0) is 24.3 Å². The summed E-state index contributed by atoms with van der Waals surface area (Å²) in [6, 6.07) is 21.8. The number of hydrogen-bond acceptors (Lipinski definition) is 1. The van der Waals surface area contributed by atoms with Crippen molar-refractivity contribution in [1.29, 1.82) is 0 Å². The summed E-state index contributed by atoms with van der Waals surface area (Å²) in [7, 11) is 0. The first-order chi connectivity index (χ1) is 6.39. The molecule has 64 valence electrons. The molecule has 0 spiro atoms. The normalized spacial score (nSPS) is 8.31. The van der Waals surface area contributed by atoms with E-state index in [1.807, 2.05) is 30.3 Å². The van der Waals surface area contributed by atoms with Crippen molar-refractivity contribution >= 4 is 0 Å². The molecule has 2 aromatic carbocycles. The van der Waals surface area contributed by atoms with Crippen LogP contribution in [0.4, 0.5) is 0 Å². The van der Waals surface area contributed by atoms with E-state index < -0.39 is 0 Å². The molecule has 2 radical (unpaired) electrons. The summed E-state index contributed by atoms with van der Waals surface area (Å²) in [6.07, 6.45) is 0. The fourth-order valence-electron chi connectivity index (χ4n) is 0.720. The average molecular weight is 170 g/mol. The van der Waals surface area contributed by atoms with Gasteiger partial charge in [0.25, 0.3) is 0 Å². The van der Waals surface area contributed by atoms with Crippen molar-refractivity contribution in [2.45, 2.75) is 0 Å². The molecule has 0 unspecified atom stereocenters. The van der Waals surface area contributed by atoms with Gasteiger partial charge < -0.3 is 5.11 Å². The van der Waals surface area contributed by atoms with Gasteiger partial charge in [-0.25, -0.2) is 0 Å². The van der Waals surface area contributed by atoms with E-state index in [1.165, 1.54) is 0 Å². The maximum atomic E-state index is 8.61. The van der Waals surface area contributed by atoms with Crippen molar-refractivity contribution < 1.29 is 5.11 Å². The van der Waals surface area contributed by atoms with Gasteiger partial charge >= 0.3 is 0 Å². The van der Waals surface area contributed by atoms with E-state index in [1.54, 1.807) is 24.3 Å². The Kier molecular flexibility index (Phi) is 4.19. The topological polar surface area (TPSA) is 20.2 Å². The highest BCUT2D eigenvalue weighted by Crippen LogP contribution is 2.02. The SMILES string of the molecule is Oc1cc[c]cc1.[c]1ccccc1. The lowest BCUT2D eigenvalue weighted by atomic mass is 10.3. The summed E-state index contributed by atoms with van der Waals surface area (Å²) < 4.78 is 0. The molecule has 2 aromatic rings. The lowest BCUT2D eigenvalue weighted by Gasteiger charge is -1.81. The number of phenols is 1. The van der Waals surface area contributed by atoms with Gasteiger partial charge in [0.15, 0.2) is 0 Å². The molecule has 0 bridgehead atoms. The summed E-state index contributed by atoms with van der Waals surface area (Å²) in [4.78, 5) is 0. The highest BCUT2D eigenvalue weighted by Gasteiger charge is 1.75. The number of rotatable bonds is 0. The van der Waals surface area contributed by atoms with Crippen LogP contribution < -0.4 is 0 Å². The first-order valence-electron chi connectivity index (χ1n) is 3.96. The Morgan fingerprint density at radius 2 is 1.31 bits per heavy atom. The number of hydrogen-bond donors (Lipinski definition) is 1. The third-order valence-electron chi connectivity index (χ3n) is 1.31. The zero-order valence-corrected chi connectivity index (χ0v) is 7.14. The Morgan fingerprint density at radius 3 is 1.54 bits per heavy atom. The Hall–Kier alpha value is -1.76. The van der Waals surface area contributed by atoms with Gasteiger partial charge in [0.05, 0.1) is 0 Å². The minimum atomic E-state index is 0.291. The minimum absolute atomic E-state index is 0.291. The lowest BCUT2D eigenvalue weighted by molar-refractivity contribution is 0.475. The van der Waals surface area contributed by atoms with Crippen LogP contribution in [0.1, 0.15) is 0 Å². The van der Waals surface area contributed by atoms with E-state index in [2.05, 4.69) is 12.1 Å². The predicted octanol–water partition coefficient (Wildman–Crippen LogP) is 2.68. The largest absolute Gasteiger partial charge is 0.508 e. The number of aromatic hydroxyl groups is 1. The van der Waals surface area contributed by atoms with Crippen LogP contribution >= 0.6 is 0 Å². The molecular weight excluding hydrogens is 160 g/mol. The molecule has 0 saturated heterocycles. The van der Waals surface area contributed by atoms with Crippen LogP contribution in [0.25, 0.3) is 0 Å². The Bertz CT molecular complexity index is 276. The first kappa shape index (κ1) is 9.33. The molecule has 1 nitrogen and oxygen atoms in total. The fraction of sp³-hybridized carbons (Fsp3) is 0. The lowest BCUT2D eigenvalue weighted by Crippen LogP contribution is -1.57. The molecule has 0 aliphatic carbocycles. The third kappa shape index (κ3) is 4.64. The molecule has 13 heavy (non-hydrogen) atoms. The molecule has 1 heteroatoms. The fourth-order valence-corrected chi connectivity index (χ4v) is 0.720. The van der Waals surface area contributed by atoms with E-state index in [-0.39, 0.29) is 0 Å². The third-order valence-corrected chi connectivity index (χ3v) is 1.31. The second-order valence-electron chi connectivity index (χ2n) is 2.34. The summed E-state index contributed by atoms with van der Waals surface area (Å²) in [5.41, 5.74) is 0. The molecule has 0 fully saturated rings. The molecule has 0 saturated carbocycles. The van der Waals surface area contributed by atoms with Crippen molar-refractivity contribution in [2.75, 3.05) is 0 Å². The highest BCUT2D eigenvalue weighted by atomic mass is 16.3. The summed E-state index contributed by atoms with van der Waals surface area (Å²) in [5.74, 6) is 0.291. The zero-order chi connectivity index (χ0) is 9.36. The molecule has 0 amide bonds. The summed E-state index contributed by atoms with van der Waals surface area (Å²) in [6.45, 7) is 0. The first-order valence-corrected chi connectivity index (χ1v) is 3.96. The van der Waals surface area contributed by atoms with Gasteiger partial charge in [-0.2, -0.15) is 0 Å². The molecular formula is C12H10O. The number of benzene rings is 2. The smallest absolute Gasteiger partial charge is 0.115 e. The monoisotopic (exact) mass is 170 g/mol. The number of phenolic OH excluding ortho intramolecular Hbond substituents is 1. The second-order valence-corrected chi connectivity index (χ2v) is 2.34. The van der Waals surface area contributed by atoms with Gasteiger partial charge in [-0.3, -0.25) is 0 Å². The summed E-state index contributed by atoms with van der Waals surface area (Å²) >= 11 is 0. The average Bonchev–Trinajstić information content (AvgIpc) is 2.22. The molecule has 0 aliphatic heterocycles. The maximum absolute atomic E-state index is 8.61. The van der Waals surface area contributed by atoms with Gasteiger partial charge in [-0.15, -0.1) is 0 Å². The van der Waals surface area contributed by atoms with Crippen LogP contribution in [0, 0.1) is 12.1 Å². The van der Waals surface area contributed by atoms with Crippen molar-refractivity contribution in [1.82, 2.24) is 0 Å². The van der Waals surface area contributed by atoms with E-state index >= 15 is 0 Å². The summed E-state index contributed by atoms with van der Waals surface area (Å²) in [5, 5.41) is 8.61. The zero-order valence-electron chi connectivity index (χ0n) is 7.14. The Morgan fingerprint density at radius 1 is 0.769 bits per heavy atom. The second kappa shape index (κ2) is 5.84. The van der Waals surface area contributed by atoms with Crippen LogP contribution in [0.15, 0.2) is 54.6 Å². The van der Waals surface area contributed by atoms with Crippen LogP contribution in [-0.2, 0) is 0 Å². The van der Waals surface area contributed by atoms with Crippen molar-refractivity contribution in [3.8, 4) is 5.75 Å². The minimum Gasteiger partial charge on any atom is -0.508 e. The predicted molar refractivity (Wildman–Crippen MR) is 52.2 cm³/mol. The Balaban J connectivity index is 0.000000132. The van der Waals surface area contributed by atoms with E-state index in [0.717, 1.165) is 0 Å². The molecule has 0 heterocycles. The van der Waals surface area contributed by atoms with Crippen molar-refractivity contribution in [3.63, 3.8) is 0 Å². The molecule has 2 rings (SSSR count). The van der Waals surface area contributed by atoms with E-state index in [4.69, 9.17) is 5.11 Å². The molecule has 0 atom stereocenters. The van der Waals surface area contributed by atoms with E-state index in [0.29, 0.717) is 5.75 Å². The highest BCUT2D eigenvalue weighted by molar-refractivity contribution is 5.17. The van der Waals surface area contributed by atoms with Crippen molar-refractivity contribution in [3.05, 3.63) is 66.7 Å². The van der Waals surface area contributed by atoms with E-state index in [9.17, 15) is 0 Å². The molecule has 1 N–H and O–H groups in total. The van der Waals surface area contributed by atoms with Gasteiger partial charge in [0.1, 0.15) is 5.75 Å². The quantitative estimate of drug-likeness (QED) is 0.644. The Labute approximate surface area is 78.3 Å². The van der Waals surface area contributed by atoms with Crippen LogP contribution in [0.3, 0.4) is 0 Å². The molecule has 0 aliphatic rings. The van der Waals surface area contributed by atoms with Crippen LogP contribution in [0.5, 0.6) is 5.75 Å². The van der Waals surface area contributed by atoms with Gasteiger partial charge in [0, 0.05) is 0 Å². The van der Waals surface area contributed by atoms with Crippen LogP contribution in [0.2, 0.25) is 0 Å². The van der Waals surface area contributed by atoms with Crippen LogP contribution in [-0.4, -0.2) is 5.11 Å². The standard InChI is InChI=1S/C6H5O.C6H5/c7-6-4-2-1-3-5-6;1-2-4-6-5-3-1/h2-5,7H;1-5H. The maximum Gasteiger partial charge on any atom is 0.115 e. The molecule has 0 aromatic heterocycles. The van der Waals surface area contributed by atoms with Crippen molar-refractivity contribution in [2.24, 2.45) is 0 Å².